The summed E-state index contributed by atoms with van der Waals surface area (Å²) in [5.74, 6) is 0.389. The Bertz CT molecular complexity index is 556. The van der Waals surface area contributed by atoms with Gasteiger partial charge in [0.2, 0.25) is 5.91 Å². The van der Waals surface area contributed by atoms with E-state index in [9.17, 15) is 14.9 Å². The SMILES string of the molecule is CC1CCNCC1NC(=O)Cc1ccc([N+](=O)[O-])cc1Br.Cl. The fourth-order valence-corrected chi connectivity index (χ4v) is 2.91. The number of nitrogens with one attached hydrogen (secondary N) is 2. The molecule has 1 aliphatic heterocycles. The van der Waals surface area contributed by atoms with Crippen LogP contribution in [0.3, 0.4) is 0 Å². The second-order valence-corrected chi connectivity index (χ2v) is 6.21. The Kier molecular flexibility index (Phi) is 7.25. The predicted octanol–water partition coefficient (Wildman–Crippen LogP) is 2.44. The number of carbonyl (C=O) groups is 1. The number of nitrogens with zero attached hydrogens (tertiary/aromatic N) is 1. The number of halogens is 2. The van der Waals surface area contributed by atoms with E-state index in [2.05, 4.69) is 33.5 Å². The number of benzene rings is 1. The van der Waals surface area contributed by atoms with E-state index in [-0.39, 0.29) is 36.5 Å². The molecule has 1 saturated heterocycles. The van der Waals surface area contributed by atoms with Crippen molar-refractivity contribution >= 4 is 39.9 Å². The van der Waals surface area contributed by atoms with Gasteiger partial charge in [-0.05, 0) is 24.4 Å². The second kappa shape index (κ2) is 8.45. The number of hydrogen-bond acceptors (Lipinski definition) is 4. The van der Waals surface area contributed by atoms with Crippen LogP contribution in [0.1, 0.15) is 18.9 Å². The quantitative estimate of drug-likeness (QED) is 0.609. The highest BCUT2D eigenvalue weighted by Gasteiger charge is 2.23. The van der Waals surface area contributed by atoms with Gasteiger partial charge in [0.15, 0.2) is 0 Å². The molecule has 0 radical (unpaired) electrons. The van der Waals surface area contributed by atoms with E-state index in [1.165, 1.54) is 12.1 Å². The molecular formula is C14H19BrClN3O3. The minimum absolute atomic E-state index is 0. The van der Waals surface area contributed by atoms with Gasteiger partial charge in [-0.2, -0.15) is 0 Å². The van der Waals surface area contributed by atoms with E-state index in [4.69, 9.17) is 0 Å². The maximum Gasteiger partial charge on any atom is 0.270 e. The topological polar surface area (TPSA) is 84.3 Å². The Morgan fingerprint density at radius 3 is 2.86 bits per heavy atom. The summed E-state index contributed by atoms with van der Waals surface area (Å²) in [5.41, 5.74) is 0.755. The summed E-state index contributed by atoms with van der Waals surface area (Å²) in [6.45, 7) is 3.91. The van der Waals surface area contributed by atoms with E-state index in [1.54, 1.807) is 6.07 Å². The van der Waals surface area contributed by atoms with Crippen LogP contribution in [0.25, 0.3) is 0 Å². The third-order valence-corrected chi connectivity index (χ3v) is 4.51. The highest BCUT2D eigenvalue weighted by molar-refractivity contribution is 9.10. The summed E-state index contributed by atoms with van der Waals surface area (Å²) in [6, 6.07) is 4.60. The van der Waals surface area contributed by atoms with Crippen molar-refractivity contribution in [2.75, 3.05) is 13.1 Å². The zero-order valence-electron chi connectivity index (χ0n) is 12.2. The Labute approximate surface area is 143 Å². The van der Waals surface area contributed by atoms with Crippen molar-refractivity contribution in [3.63, 3.8) is 0 Å². The molecular weight excluding hydrogens is 374 g/mol. The Morgan fingerprint density at radius 2 is 2.27 bits per heavy atom. The summed E-state index contributed by atoms with van der Waals surface area (Å²) in [6.07, 6.45) is 1.26. The molecule has 1 aliphatic rings. The molecule has 2 unspecified atom stereocenters. The molecule has 2 atom stereocenters. The van der Waals surface area contributed by atoms with Gasteiger partial charge in [0.25, 0.3) is 5.69 Å². The van der Waals surface area contributed by atoms with Crippen molar-refractivity contribution in [3.05, 3.63) is 38.3 Å². The van der Waals surface area contributed by atoms with E-state index in [0.29, 0.717) is 10.4 Å². The van der Waals surface area contributed by atoms with E-state index in [0.717, 1.165) is 25.1 Å². The molecule has 0 spiro atoms. The van der Waals surface area contributed by atoms with Crippen LogP contribution in [0, 0.1) is 16.0 Å². The van der Waals surface area contributed by atoms with Crippen molar-refractivity contribution in [3.8, 4) is 0 Å². The summed E-state index contributed by atoms with van der Waals surface area (Å²) >= 11 is 3.28. The third kappa shape index (κ3) is 4.93. The smallest absolute Gasteiger partial charge is 0.270 e. The molecule has 1 aromatic carbocycles. The number of hydrogen-bond donors (Lipinski definition) is 2. The molecule has 1 amide bonds. The van der Waals surface area contributed by atoms with Gasteiger partial charge in [0.1, 0.15) is 0 Å². The molecule has 2 rings (SSSR count). The van der Waals surface area contributed by atoms with Crippen LogP contribution in [0.15, 0.2) is 22.7 Å². The summed E-state index contributed by atoms with van der Waals surface area (Å²) < 4.78 is 0.585. The molecule has 0 bridgehead atoms. The molecule has 8 heteroatoms. The van der Waals surface area contributed by atoms with Crippen LogP contribution in [-0.4, -0.2) is 30.0 Å². The largest absolute Gasteiger partial charge is 0.352 e. The highest BCUT2D eigenvalue weighted by atomic mass is 79.9. The fraction of sp³-hybridized carbons (Fsp3) is 0.500. The molecule has 22 heavy (non-hydrogen) atoms. The van der Waals surface area contributed by atoms with E-state index in [1.807, 2.05) is 0 Å². The van der Waals surface area contributed by atoms with E-state index >= 15 is 0 Å². The Morgan fingerprint density at radius 1 is 1.55 bits per heavy atom. The molecule has 1 fully saturated rings. The first-order valence-corrected chi connectivity index (χ1v) is 7.69. The zero-order chi connectivity index (χ0) is 15.4. The molecule has 1 aromatic rings. The number of non-ortho nitro benzene ring substituents is 1. The minimum atomic E-state index is -0.454. The van der Waals surface area contributed by atoms with Crippen molar-refractivity contribution in [2.45, 2.75) is 25.8 Å². The lowest BCUT2D eigenvalue weighted by atomic mass is 9.94. The molecule has 6 nitrogen and oxygen atoms in total. The van der Waals surface area contributed by atoms with Crippen molar-refractivity contribution in [2.24, 2.45) is 5.92 Å². The normalized spacial score (nSPS) is 20.8. The molecule has 0 aromatic heterocycles. The first-order chi connectivity index (χ1) is 9.97. The van der Waals surface area contributed by atoms with Gasteiger partial charge >= 0.3 is 0 Å². The van der Waals surface area contributed by atoms with Crippen LogP contribution < -0.4 is 10.6 Å². The number of nitro groups is 1. The predicted molar refractivity (Wildman–Crippen MR) is 90.3 cm³/mol. The zero-order valence-corrected chi connectivity index (χ0v) is 14.6. The molecule has 0 aliphatic carbocycles. The minimum Gasteiger partial charge on any atom is -0.352 e. The number of piperidine rings is 1. The van der Waals surface area contributed by atoms with Crippen molar-refractivity contribution < 1.29 is 9.72 Å². The monoisotopic (exact) mass is 391 g/mol. The van der Waals surface area contributed by atoms with Gasteiger partial charge in [-0.25, -0.2) is 0 Å². The summed E-state index contributed by atoms with van der Waals surface area (Å²) in [4.78, 5) is 22.3. The maximum atomic E-state index is 12.1. The number of rotatable bonds is 4. The van der Waals surface area contributed by atoms with Crippen LogP contribution >= 0.6 is 28.3 Å². The van der Waals surface area contributed by atoms with E-state index < -0.39 is 4.92 Å². The number of carbonyl (C=O) groups excluding carboxylic acids is 1. The lowest BCUT2D eigenvalue weighted by molar-refractivity contribution is -0.384. The van der Waals surface area contributed by atoms with Gasteiger partial charge in [0, 0.05) is 29.2 Å². The van der Waals surface area contributed by atoms with Crippen LogP contribution in [0.4, 0.5) is 5.69 Å². The Balaban J connectivity index is 0.00000242. The summed E-state index contributed by atoms with van der Waals surface area (Å²) in [7, 11) is 0. The average molecular weight is 393 g/mol. The van der Waals surface area contributed by atoms with Gasteiger partial charge in [0.05, 0.1) is 11.3 Å². The fourth-order valence-electron chi connectivity index (χ4n) is 2.41. The standard InChI is InChI=1S/C14H18BrN3O3.ClH/c1-9-4-5-16-8-13(9)17-14(19)6-10-2-3-11(18(20)21)7-12(10)15;/h2-3,7,9,13,16H,4-6,8H2,1H3,(H,17,19);1H. The molecule has 0 saturated carbocycles. The average Bonchev–Trinajstić information content (AvgIpc) is 2.43. The first kappa shape index (κ1) is 18.9. The van der Waals surface area contributed by atoms with Crippen LogP contribution in [-0.2, 0) is 11.2 Å². The Hall–Kier alpha value is -1.18. The van der Waals surface area contributed by atoms with Crippen molar-refractivity contribution in [1.82, 2.24) is 10.6 Å². The lowest BCUT2D eigenvalue weighted by Crippen LogP contribution is -2.50. The van der Waals surface area contributed by atoms with Crippen molar-refractivity contribution in [1.29, 1.82) is 0 Å². The first-order valence-electron chi connectivity index (χ1n) is 6.90. The van der Waals surface area contributed by atoms with Gasteiger partial charge < -0.3 is 10.6 Å². The molecule has 1 heterocycles. The van der Waals surface area contributed by atoms with Gasteiger partial charge in [-0.1, -0.05) is 28.9 Å². The maximum absolute atomic E-state index is 12.1. The number of nitro benzene ring substituents is 1. The second-order valence-electron chi connectivity index (χ2n) is 5.35. The van der Waals surface area contributed by atoms with Gasteiger partial charge in [-0.3, -0.25) is 14.9 Å². The van der Waals surface area contributed by atoms with Crippen LogP contribution in [0.2, 0.25) is 0 Å². The summed E-state index contributed by atoms with van der Waals surface area (Å²) in [5, 5.41) is 17.0. The number of amides is 1. The molecule has 122 valence electrons. The van der Waals surface area contributed by atoms with Crippen LogP contribution in [0.5, 0.6) is 0 Å². The lowest BCUT2D eigenvalue weighted by Gasteiger charge is -2.30. The van der Waals surface area contributed by atoms with Gasteiger partial charge in [-0.15, -0.1) is 12.4 Å². The molecule has 2 N–H and O–H groups in total. The highest BCUT2D eigenvalue weighted by Crippen LogP contribution is 2.23. The third-order valence-electron chi connectivity index (χ3n) is 3.77.